The Labute approximate surface area is 79.2 Å². The highest BCUT2D eigenvalue weighted by molar-refractivity contribution is 6.18. The second-order valence-electron chi connectivity index (χ2n) is 1.97. The molecule has 0 unspecified atom stereocenters. The fourth-order valence-corrected chi connectivity index (χ4v) is 0.632. The molecular weight excluding hydrogens is 168 g/mol. The van der Waals surface area contributed by atoms with Crippen LogP contribution in [-0.2, 0) is 0 Å². The SMILES string of the molecule is C=C/C=C/C=C/C=C/C=C/CCl. The van der Waals surface area contributed by atoms with Gasteiger partial charge in [0.2, 0.25) is 0 Å². The summed E-state index contributed by atoms with van der Waals surface area (Å²) in [6.45, 7) is 3.55. The van der Waals surface area contributed by atoms with Crippen LogP contribution in [0.15, 0.2) is 61.3 Å². The third kappa shape index (κ3) is 8.99. The monoisotopic (exact) mass is 180 g/mol. The van der Waals surface area contributed by atoms with Crippen molar-refractivity contribution in [3.05, 3.63) is 61.3 Å². The second-order valence-corrected chi connectivity index (χ2v) is 2.28. The van der Waals surface area contributed by atoms with Gasteiger partial charge in [-0.2, -0.15) is 0 Å². The Morgan fingerprint density at radius 2 is 1.33 bits per heavy atom. The Kier molecular flexibility index (Phi) is 9.15. The summed E-state index contributed by atoms with van der Waals surface area (Å²) in [7, 11) is 0. The van der Waals surface area contributed by atoms with Crippen LogP contribution in [0.4, 0.5) is 0 Å². The first kappa shape index (κ1) is 11.0. The van der Waals surface area contributed by atoms with E-state index in [0.29, 0.717) is 5.88 Å². The Balaban J connectivity index is 3.58. The molecule has 0 nitrogen and oxygen atoms in total. The molecule has 0 aliphatic carbocycles. The highest BCUT2D eigenvalue weighted by Crippen LogP contribution is 1.83. The molecule has 0 fully saturated rings. The van der Waals surface area contributed by atoms with Crippen LogP contribution >= 0.6 is 11.6 Å². The summed E-state index contributed by atoms with van der Waals surface area (Å²) in [5, 5.41) is 0. The third-order valence-corrected chi connectivity index (χ3v) is 1.21. The van der Waals surface area contributed by atoms with E-state index in [0.717, 1.165) is 0 Å². The maximum atomic E-state index is 5.42. The molecule has 0 radical (unpaired) electrons. The van der Waals surface area contributed by atoms with E-state index in [9.17, 15) is 0 Å². The second kappa shape index (κ2) is 9.99. The standard InChI is InChI=1S/C11H13Cl/c1-2-3-4-5-6-7-8-9-10-11-12/h2-10H,1,11H2/b4-3+,6-5+,8-7+,10-9+. The van der Waals surface area contributed by atoms with E-state index in [4.69, 9.17) is 11.6 Å². The van der Waals surface area contributed by atoms with Crippen molar-refractivity contribution in [2.45, 2.75) is 0 Å². The van der Waals surface area contributed by atoms with Gasteiger partial charge in [-0.25, -0.2) is 0 Å². The van der Waals surface area contributed by atoms with Gasteiger partial charge in [0, 0.05) is 5.88 Å². The molecule has 0 saturated carbocycles. The summed E-state index contributed by atoms with van der Waals surface area (Å²) in [5.41, 5.74) is 0. The molecule has 0 amide bonds. The van der Waals surface area contributed by atoms with Crippen molar-refractivity contribution in [3.8, 4) is 0 Å². The van der Waals surface area contributed by atoms with Gasteiger partial charge in [-0.1, -0.05) is 61.3 Å². The van der Waals surface area contributed by atoms with Crippen molar-refractivity contribution in [3.63, 3.8) is 0 Å². The molecule has 1 heteroatoms. The van der Waals surface area contributed by atoms with Crippen LogP contribution in [0.5, 0.6) is 0 Å². The smallest absolute Gasteiger partial charge is 0.0407 e. The van der Waals surface area contributed by atoms with E-state index in [1.807, 2.05) is 48.6 Å². The molecule has 0 aromatic heterocycles. The lowest BCUT2D eigenvalue weighted by Gasteiger charge is -1.73. The molecule has 0 aromatic rings. The Morgan fingerprint density at radius 1 is 0.833 bits per heavy atom. The van der Waals surface area contributed by atoms with Gasteiger partial charge in [0.05, 0.1) is 0 Å². The lowest BCUT2D eigenvalue weighted by molar-refractivity contribution is 1.73. The van der Waals surface area contributed by atoms with E-state index in [1.54, 1.807) is 6.08 Å². The first-order valence-electron chi connectivity index (χ1n) is 3.75. The minimum Gasteiger partial charge on any atom is -0.122 e. The third-order valence-electron chi connectivity index (χ3n) is 1.03. The first-order chi connectivity index (χ1) is 5.91. The van der Waals surface area contributed by atoms with Crippen molar-refractivity contribution in [1.29, 1.82) is 0 Å². The quantitative estimate of drug-likeness (QED) is 0.448. The van der Waals surface area contributed by atoms with Crippen molar-refractivity contribution in [2.24, 2.45) is 0 Å². The van der Waals surface area contributed by atoms with Gasteiger partial charge < -0.3 is 0 Å². The Bertz CT molecular complexity index is 207. The van der Waals surface area contributed by atoms with Gasteiger partial charge in [0.25, 0.3) is 0 Å². The first-order valence-corrected chi connectivity index (χ1v) is 4.28. The molecule has 0 atom stereocenters. The number of allylic oxidation sites excluding steroid dienone is 9. The largest absolute Gasteiger partial charge is 0.122 e. The van der Waals surface area contributed by atoms with E-state index >= 15 is 0 Å². The molecule has 0 aliphatic rings. The summed E-state index contributed by atoms with van der Waals surface area (Å²) in [5.74, 6) is 0.560. The topological polar surface area (TPSA) is 0 Å². The number of halogens is 1. The fraction of sp³-hybridized carbons (Fsp3) is 0.0909. The van der Waals surface area contributed by atoms with Crippen LogP contribution < -0.4 is 0 Å². The summed E-state index contributed by atoms with van der Waals surface area (Å²) in [6, 6.07) is 0. The van der Waals surface area contributed by atoms with Gasteiger partial charge in [0.15, 0.2) is 0 Å². The molecule has 12 heavy (non-hydrogen) atoms. The molecule has 0 spiro atoms. The zero-order valence-corrected chi connectivity index (χ0v) is 7.74. The van der Waals surface area contributed by atoms with Gasteiger partial charge >= 0.3 is 0 Å². The van der Waals surface area contributed by atoms with Crippen LogP contribution in [-0.4, -0.2) is 5.88 Å². The Hall–Kier alpha value is -1.01. The Morgan fingerprint density at radius 3 is 1.83 bits per heavy atom. The van der Waals surface area contributed by atoms with E-state index < -0.39 is 0 Å². The lowest BCUT2D eigenvalue weighted by Crippen LogP contribution is -1.56. The molecule has 0 aromatic carbocycles. The number of hydrogen-bond donors (Lipinski definition) is 0. The van der Waals surface area contributed by atoms with Gasteiger partial charge in [-0.3, -0.25) is 0 Å². The molecular formula is C11H13Cl. The molecule has 0 bridgehead atoms. The van der Waals surface area contributed by atoms with E-state index in [-0.39, 0.29) is 0 Å². The molecule has 0 rings (SSSR count). The van der Waals surface area contributed by atoms with Crippen LogP contribution in [0, 0.1) is 0 Å². The molecule has 0 aliphatic heterocycles. The predicted molar refractivity (Wildman–Crippen MR) is 57.5 cm³/mol. The molecule has 0 N–H and O–H groups in total. The van der Waals surface area contributed by atoms with Crippen LogP contribution in [0.3, 0.4) is 0 Å². The normalized spacial score (nSPS) is 12.8. The number of hydrogen-bond acceptors (Lipinski definition) is 0. The van der Waals surface area contributed by atoms with Crippen LogP contribution in [0.2, 0.25) is 0 Å². The van der Waals surface area contributed by atoms with Crippen molar-refractivity contribution >= 4 is 11.6 Å². The van der Waals surface area contributed by atoms with E-state index in [1.165, 1.54) is 0 Å². The van der Waals surface area contributed by atoms with Crippen molar-refractivity contribution < 1.29 is 0 Å². The van der Waals surface area contributed by atoms with Gasteiger partial charge in [0.1, 0.15) is 0 Å². The number of rotatable bonds is 5. The highest BCUT2D eigenvalue weighted by Gasteiger charge is 1.63. The zero-order chi connectivity index (χ0) is 9.07. The van der Waals surface area contributed by atoms with Crippen LogP contribution in [0.25, 0.3) is 0 Å². The minimum absolute atomic E-state index is 0.560. The fourth-order valence-electron chi connectivity index (χ4n) is 0.529. The maximum Gasteiger partial charge on any atom is 0.0407 e. The highest BCUT2D eigenvalue weighted by atomic mass is 35.5. The molecule has 0 heterocycles. The molecule has 64 valence electrons. The summed E-state index contributed by atoms with van der Waals surface area (Å²) in [6.07, 6.45) is 17.1. The summed E-state index contributed by atoms with van der Waals surface area (Å²) < 4.78 is 0. The van der Waals surface area contributed by atoms with Crippen molar-refractivity contribution in [2.75, 3.05) is 5.88 Å². The van der Waals surface area contributed by atoms with Gasteiger partial charge in [-0.15, -0.1) is 11.6 Å². The zero-order valence-electron chi connectivity index (χ0n) is 6.99. The van der Waals surface area contributed by atoms with Crippen LogP contribution in [0.1, 0.15) is 0 Å². The van der Waals surface area contributed by atoms with Crippen molar-refractivity contribution in [1.82, 2.24) is 0 Å². The summed E-state index contributed by atoms with van der Waals surface area (Å²) >= 11 is 5.42. The lowest BCUT2D eigenvalue weighted by atomic mass is 10.4. The molecule has 0 saturated heterocycles. The predicted octanol–water partition coefficient (Wildman–Crippen LogP) is 3.64. The maximum absolute atomic E-state index is 5.42. The van der Waals surface area contributed by atoms with E-state index in [2.05, 4.69) is 6.58 Å². The van der Waals surface area contributed by atoms with Gasteiger partial charge in [-0.05, 0) is 0 Å². The number of alkyl halides is 1. The average molecular weight is 181 g/mol. The average Bonchev–Trinajstić information content (AvgIpc) is 2.10. The minimum atomic E-state index is 0.560. The summed E-state index contributed by atoms with van der Waals surface area (Å²) in [4.78, 5) is 0.